The highest BCUT2D eigenvalue weighted by atomic mass is 127. The minimum absolute atomic E-state index is 0.00958. The molecule has 5 nitrogen and oxygen atoms in total. The Morgan fingerprint density at radius 1 is 1.43 bits per heavy atom. The Balaban J connectivity index is 3.35. The third-order valence-corrected chi connectivity index (χ3v) is 3.01. The number of esters is 1. The van der Waals surface area contributed by atoms with Crippen molar-refractivity contribution in [1.29, 1.82) is 0 Å². The third kappa shape index (κ3) is 8.88. The second kappa shape index (κ2) is 6.72. The van der Waals surface area contributed by atoms with Gasteiger partial charge in [-0.2, -0.15) is 0 Å². The van der Waals surface area contributed by atoms with Crippen LogP contribution in [-0.2, 0) is 9.53 Å². The Kier molecular flexibility index (Phi) is 6.86. The maximum absolute atomic E-state index is 10.9. The van der Waals surface area contributed by atoms with Gasteiger partial charge in [0.2, 0.25) is 0 Å². The van der Waals surface area contributed by atoms with E-state index in [-0.39, 0.29) is 22.5 Å². The average molecular weight is 334 g/mol. The molecule has 0 radical (unpaired) electrons. The van der Waals surface area contributed by atoms with E-state index in [4.69, 9.17) is 19.1 Å². The van der Waals surface area contributed by atoms with Crippen molar-refractivity contribution in [3.63, 3.8) is 0 Å². The molecule has 0 aromatic carbocycles. The highest BCUT2D eigenvalue weighted by Crippen LogP contribution is 2.06. The molecule has 0 aliphatic carbocycles. The summed E-state index contributed by atoms with van der Waals surface area (Å²) in [5.41, 5.74) is 0. The Labute approximate surface area is 97.6 Å². The first-order valence-electron chi connectivity index (χ1n) is 4.31. The van der Waals surface area contributed by atoms with Gasteiger partial charge in [0.1, 0.15) is 3.92 Å². The van der Waals surface area contributed by atoms with Gasteiger partial charge in [0.15, 0.2) is 0 Å². The first-order valence-corrected chi connectivity index (χ1v) is 7.60. The number of ether oxygens (including phenoxy) is 1. The SMILES string of the molecule is CC(I)C(=O)OCCCC[Si](O)(O)O. The van der Waals surface area contributed by atoms with Crippen LogP contribution in [0.25, 0.3) is 0 Å². The number of rotatable bonds is 6. The van der Waals surface area contributed by atoms with E-state index in [9.17, 15) is 4.79 Å². The molecular weight excluding hydrogens is 319 g/mol. The molecule has 0 aromatic heterocycles. The lowest BCUT2D eigenvalue weighted by Crippen LogP contribution is -2.34. The van der Waals surface area contributed by atoms with Crippen LogP contribution in [0.2, 0.25) is 6.04 Å². The molecule has 0 amide bonds. The zero-order chi connectivity index (χ0) is 11.2. The first-order chi connectivity index (χ1) is 6.33. The summed E-state index contributed by atoms with van der Waals surface area (Å²) in [6.07, 6.45) is 0.976. The van der Waals surface area contributed by atoms with E-state index in [0.717, 1.165) is 0 Å². The summed E-state index contributed by atoms with van der Waals surface area (Å²) in [4.78, 5) is 36.9. The van der Waals surface area contributed by atoms with Gasteiger partial charge in [-0.3, -0.25) is 4.79 Å². The molecule has 3 N–H and O–H groups in total. The molecular formula is C7H15IO5Si. The maximum atomic E-state index is 10.9. The zero-order valence-corrected chi connectivity index (χ0v) is 11.1. The molecule has 14 heavy (non-hydrogen) atoms. The zero-order valence-electron chi connectivity index (χ0n) is 7.94. The third-order valence-electron chi connectivity index (χ3n) is 1.48. The molecule has 7 heteroatoms. The molecule has 0 aliphatic heterocycles. The summed E-state index contributed by atoms with van der Waals surface area (Å²) in [5, 5.41) is 0. The van der Waals surface area contributed by atoms with Crippen molar-refractivity contribution in [3.8, 4) is 0 Å². The smallest absolute Gasteiger partial charge is 0.465 e. The topological polar surface area (TPSA) is 87.0 Å². The van der Waals surface area contributed by atoms with Gasteiger partial charge in [0.05, 0.1) is 6.61 Å². The standard InChI is InChI=1S/C7H15IO5Si/c1-6(8)7(9)13-4-2-3-5-14(10,11)12/h6,10-12H,2-5H2,1H3. The molecule has 0 aromatic rings. The molecule has 0 spiro atoms. The van der Waals surface area contributed by atoms with Crippen molar-refractivity contribution in [1.82, 2.24) is 0 Å². The van der Waals surface area contributed by atoms with Gasteiger partial charge in [-0.05, 0) is 19.8 Å². The summed E-state index contributed by atoms with van der Waals surface area (Å²) < 4.78 is 4.67. The summed E-state index contributed by atoms with van der Waals surface area (Å²) in [7, 11) is -3.90. The van der Waals surface area contributed by atoms with Gasteiger partial charge in [0, 0.05) is 6.04 Å². The van der Waals surface area contributed by atoms with Crippen LogP contribution in [0.1, 0.15) is 19.8 Å². The van der Waals surface area contributed by atoms with Crippen molar-refractivity contribution < 1.29 is 23.9 Å². The van der Waals surface area contributed by atoms with Crippen LogP contribution in [0.4, 0.5) is 0 Å². The summed E-state index contributed by atoms with van der Waals surface area (Å²) >= 11 is 1.95. The number of hydrogen-bond acceptors (Lipinski definition) is 5. The van der Waals surface area contributed by atoms with E-state index >= 15 is 0 Å². The minimum atomic E-state index is -3.90. The molecule has 0 saturated carbocycles. The number of hydrogen-bond donors (Lipinski definition) is 3. The normalized spacial score (nSPS) is 13.8. The predicted molar refractivity (Wildman–Crippen MR) is 60.9 cm³/mol. The van der Waals surface area contributed by atoms with Crippen molar-refractivity contribution in [2.75, 3.05) is 6.61 Å². The molecule has 1 unspecified atom stereocenters. The van der Waals surface area contributed by atoms with Crippen LogP contribution in [0, 0.1) is 0 Å². The van der Waals surface area contributed by atoms with Crippen molar-refractivity contribution in [2.45, 2.75) is 29.7 Å². The molecule has 0 rings (SSSR count). The van der Waals surface area contributed by atoms with Gasteiger partial charge >= 0.3 is 14.8 Å². The van der Waals surface area contributed by atoms with E-state index in [0.29, 0.717) is 12.8 Å². The summed E-state index contributed by atoms with van der Waals surface area (Å²) in [6, 6.07) is -0.00958. The summed E-state index contributed by atoms with van der Waals surface area (Å²) in [6.45, 7) is 1.99. The fraction of sp³-hybridized carbons (Fsp3) is 0.857. The number of carbonyl (C=O) groups excluding carboxylic acids is 1. The van der Waals surface area contributed by atoms with E-state index < -0.39 is 8.80 Å². The van der Waals surface area contributed by atoms with Crippen LogP contribution < -0.4 is 0 Å². The van der Waals surface area contributed by atoms with Crippen LogP contribution >= 0.6 is 22.6 Å². The first kappa shape index (κ1) is 14.3. The Bertz CT molecular complexity index is 179. The highest BCUT2D eigenvalue weighted by molar-refractivity contribution is 14.1. The molecule has 0 saturated heterocycles. The van der Waals surface area contributed by atoms with Crippen LogP contribution in [0.15, 0.2) is 0 Å². The molecule has 1 atom stereocenters. The van der Waals surface area contributed by atoms with Gasteiger partial charge in [-0.25, -0.2) is 0 Å². The second-order valence-electron chi connectivity index (χ2n) is 3.01. The van der Waals surface area contributed by atoms with Crippen molar-refractivity contribution >= 4 is 37.4 Å². The van der Waals surface area contributed by atoms with Crippen molar-refractivity contribution in [3.05, 3.63) is 0 Å². The lowest BCUT2D eigenvalue weighted by Gasteiger charge is -2.09. The minimum Gasteiger partial charge on any atom is -0.465 e. The molecule has 0 fully saturated rings. The molecule has 84 valence electrons. The van der Waals surface area contributed by atoms with Gasteiger partial charge < -0.3 is 19.1 Å². The van der Waals surface area contributed by atoms with E-state index in [1.165, 1.54) is 0 Å². The molecule has 0 bridgehead atoms. The largest absolute Gasteiger partial charge is 0.492 e. The molecule has 0 aliphatic rings. The lowest BCUT2D eigenvalue weighted by atomic mass is 10.3. The van der Waals surface area contributed by atoms with E-state index in [1.807, 2.05) is 22.6 Å². The van der Waals surface area contributed by atoms with E-state index in [1.54, 1.807) is 6.92 Å². The fourth-order valence-electron chi connectivity index (χ4n) is 0.752. The van der Waals surface area contributed by atoms with Gasteiger partial charge in [-0.15, -0.1) is 0 Å². The number of halogens is 1. The highest BCUT2D eigenvalue weighted by Gasteiger charge is 2.25. The number of carbonyl (C=O) groups is 1. The number of unbranched alkanes of at least 4 members (excludes halogenated alkanes) is 1. The Hall–Kier alpha value is 0.297. The lowest BCUT2D eigenvalue weighted by molar-refractivity contribution is -0.142. The Morgan fingerprint density at radius 2 is 2.00 bits per heavy atom. The van der Waals surface area contributed by atoms with Crippen molar-refractivity contribution in [2.24, 2.45) is 0 Å². The molecule has 0 heterocycles. The fourth-order valence-corrected chi connectivity index (χ4v) is 1.66. The van der Waals surface area contributed by atoms with Crippen LogP contribution in [-0.4, -0.2) is 39.7 Å². The van der Waals surface area contributed by atoms with Gasteiger partial charge in [0.25, 0.3) is 0 Å². The quantitative estimate of drug-likeness (QED) is 0.210. The second-order valence-corrected chi connectivity index (χ2v) is 6.93. The monoisotopic (exact) mass is 334 g/mol. The summed E-state index contributed by atoms with van der Waals surface area (Å²) in [5.74, 6) is -0.272. The average Bonchev–Trinajstić information content (AvgIpc) is 2.01. The predicted octanol–water partition coefficient (Wildman–Crippen LogP) is 0.0491. The Morgan fingerprint density at radius 3 is 2.43 bits per heavy atom. The van der Waals surface area contributed by atoms with Gasteiger partial charge in [-0.1, -0.05) is 22.6 Å². The maximum Gasteiger partial charge on any atom is 0.492 e. The van der Waals surface area contributed by atoms with Crippen LogP contribution in [0.5, 0.6) is 0 Å². The number of alkyl halides is 1. The van der Waals surface area contributed by atoms with Crippen LogP contribution in [0.3, 0.4) is 0 Å². The van der Waals surface area contributed by atoms with E-state index in [2.05, 4.69) is 0 Å².